The first-order valence-corrected chi connectivity index (χ1v) is 7.35. The van der Waals surface area contributed by atoms with E-state index in [9.17, 15) is 14.7 Å². The third-order valence-electron chi connectivity index (χ3n) is 3.46. The number of rotatable bonds is 5. The van der Waals surface area contributed by atoms with Gasteiger partial charge in [0.25, 0.3) is 5.56 Å². The predicted octanol–water partition coefficient (Wildman–Crippen LogP) is 3.07. The molecule has 118 valence electrons. The molecule has 1 atom stereocenters. The maximum Gasteiger partial charge on any atom is 0.327 e. The fourth-order valence-electron chi connectivity index (χ4n) is 2.53. The molecule has 0 bridgehead atoms. The van der Waals surface area contributed by atoms with E-state index in [1.807, 2.05) is 13.8 Å². The van der Waals surface area contributed by atoms with Crippen LogP contribution in [-0.4, -0.2) is 21.7 Å². The summed E-state index contributed by atoms with van der Waals surface area (Å²) in [5, 5.41) is 10.6. The molecular weight excluding hydrogens is 282 g/mol. The zero-order chi connectivity index (χ0) is 16.4. The Hall–Kier alpha value is -2.30. The van der Waals surface area contributed by atoms with Crippen molar-refractivity contribution in [2.24, 2.45) is 5.92 Å². The van der Waals surface area contributed by atoms with Crippen molar-refractivity contribution in [1.82, 2.24) is 4.57 Å². The van der Waals surface area contributed by atoms with E-state index >= 15 is 0 Å². The van der Waals surface area contributed by atoms with E-state index < -0.39 is 12.0 Å². The number of aromatic nitrogens is 1. The molecule has 5 heteroatoms. The molecule has 0 aliphatic heterocycles. The number of hydrogen-bond acceptors (Lipinski definition) is 3. The van der Waals surface area contributed by atoms with Gasteiger partial charge in [-0.2, -0.15) is 0 Å². The molecule has 0 radical (unpaired) electrons. The van der Waals surface area contributed by atoms with Gasteiger partial charge in [0.2, 0.25) is 0 Å². The van der Waals surface area contributed by atoms with E-state index in [0.29, 0.717) is 11.1 Å². The molecule has 0 amide bonds. The smallest absolute Gasteiger partial charge is 0.327 e. The average molecular weight is 303 g/mol. The molecule has 0 aliphatic rings. The molecule has 1 unspecified atom stereocenters. The van der Waals surface area contributed by atoms with Gasteiger partial charge in [0.1, 0.15) is 11.8 Å². The van der Waals surface area contributed by atoms with Crippen LogP contribution in [0.4, 0.5) is 0 Å². The summed E-state index contributed by atoms with van der Waals surface area (Å²) in [5.41, 5.74) is -0.297. The standard InChI is InChI=1S/C17H21NO4/c1-10(2)15(17(20)21)18-8-7-12-9-13(22-11(3)4)5-6-14(12)16(18)19/h5-11,15H,1-4H3,(H,20,21). The lowest BCUT2D eigenvalue weighted by atomic mass is 10.0. The molecule has 1 aromatic carbocycles. The number of benzene rings is 1. The minimum Gasteiger partial charge on any atom is -0.491 e. The van der Waals surface area contributed by atoms with E-state index in [4.69, 9.17) is 4.74 Å². The average Bonchev–Trinajstić information content (AvgIpc) is 2.40. The lowest BCUT2D eigenvalue weighted by Gasteiger charge is -2.19. The Kier molecular flexibility index (Phi) is 4.54. The number of carboxylic acid groups (broad SMARTS) is 1. The molecule has 1 heterocycles. The Labute approximate surface area is 129 Å². The van der Waals surface area contributed by atoms with Gasteiger partial charge in [-0.25, -0.2) is 4.79 Å². The number of carbonyl (C=O) groups is 1. The molecule has 1 aromatic heterocycles. The van der Waals surface area contributed by atoms with Crippen LogP contribution in [0, 0.1) is 5.92 Å². The van der Waals surface area contributed by atoms with Gasteiger partial charge in [0.15, 0.2) is 0 Å². The Bertz CT molecular complexity index is 746. The predicted molar refractivity (Wildman–Crippen MR) is 85.5 cm³/mol. The van der Waals surface area contributed by atoms with Crippen LogP contribution in [0.1, 0.15) is 33.7 Å². The van der Waals surface area contributed by atoms with Gasteiger partial charge in [-0.3, -0.25) is 4.79 Å². The van der Waals surface area contributed by atoms with E-state index in [1.54, 1.807) is 44.3 Å². The molecule has 0 fully saturated rings. The van der Waals surface area contributed by atoms with Crippen LogP contribution < -0.4 is 10.3 Å². The van der Waals surface area contributed by atoms with Gasteiger partial charge in [-0.1, -0.05) is 13.8 Å². The van der Waals surface area contributed by atoms with Crippen LogP contribution in [0.3, 0.4) is 0 Å². The van der Waals surface area contributed by atoms with E-state index in [0.717, 1.165) is 5.39 Å². The molecule has 2 rings (SSSR count). The van der Waals surface area contributed by atoms with Gasteiger partial charge in [0.05, 0.1) is 6.10 Å². The molecule has 0 spiro atoms. The number of nitrogens with zero attached hydrogens (tertiary/aromatic N) is 1. The van der Waals surface area contributed by atoms with Crippen molar-refractivity contribution < 1.29 is 14.6 Å². The Morgan fingerprint density at radius 2 is 1.86 bits per heavy atom. The van der Waals surface area contributed by atoms with Crippen molar-refractivity contribution in [3.63, 3.8) is 0 Å². The summed E-state index contributed by atoms with van der Waals surface area (Å²) in [7, 11) is 0. The molecule has 1 N–H and O–H groups in total. The van der Waals surface area contributed by atoms with Crippen molar-refractivity contribution >= 4 is 16.7 Å². The Morgan fingerprint density at radius 1 is 1.18 bits per heavy atom. The summed E-state index contributed by atoms with van der Waals surface area (Å²) in [6, 6.07) is 6.10. The number of aliphatic carboxylic acids is 1. The first-order chi connectivity index (χ1) is 10.3. The van der Waals surface area contributed by atoms with Crippen LogP contribution in [0.5, 0.6) is 5.75 Å². The van der Waals surface area contributed by atoms with Gasteiger partial charge in [0, 0.05) is 11.6 Å². The summed E-state index contributed by atoms with van der Waals surface area (Å²) < 4.78 is 6.90. The van der Waals surface area contributed by atoms with Crippen LogP contribution in [-0.2, 0) is 4.79 Å². The number of carboxylic acids is 1. The van der Waals surface area contributed by atoms with Crippen LogP contribution in [0.25, 0.3) is 10.8 Å². The quantitative estimate of drug-likeness (QED) is 0.921. The number of fused-ring (bicyclic) bond motifs is 1. The highest BCUT2D eigenvalue weighted by atomic mass is 16.5. The summed E-state index contributed by atoms with van der Waals surface area (Å²) in [6.07, 6.45) is 1.60. The second-order valence-corrected chi connectivity index (χ2v) is 5.97. The number of hydrogen-bond donors (Lipinski definition) is 1. The van der Waals surface area contributed by atoms with Crippen LogP contribution in [0.15, 0.2) is 35.3 Å². The Balaban J connectivity index is 2.55. The summed E-state index contributed by atoms with van der Waals surface area (Å²) in [4.78, 5) is 24.0. The highest BCUT2D eigenvalue weighted by molar-refractivity contribution is 5.83. The normalized spacial score (nSPS) is 12.8. The maximum atomic E-state index is 12.6. The zero-order valence-corrected chi connectivity index (χ0v) is 13.2. The largest absolute Gasteiger partial charge is 0.491 e. The second-order valence-electron chi connectivity index (χ2n) is 5.97. The van der Waals surface area contributed by atoms with Gasteiger partial charge >= 0.3 is 5.97 Å². The number of ether oxygens (including phenoxy) is 1. The third-order valence-corrected chi connectivity index (χ3v) is 3.46. The van der Waals surface area contributed by atoms with Crippen molar-refractivity contribution in [2.75, 3.05) is 0 Å². The molecule has 0 saturated heterocycles. The monoisotopic (exact) mass is 303 g/mol. The van der Waals surface area contributed by atoms with E-state index in [1.165, 1.54) is 4.57 Å². The minimum atomic E-state index is -1.00. The van der Waals surface area contributed by atoms with Crippen LogP contribution in [0.2, 0.25) is 0 Å². The van der Waals surface area contributed by atoms with Gasteiger partial charge < -0.3 is 14.4 Å². The van der Waals surface area contributed by atoms with Crippen LogP contribution >= 0.6 is 0 Å². The van der Waals surface area contributed by atoms with Gasteiger partial charge in [-0.05, 0) is 49.4 Å². The fraction of sp³-hybridized carbons (Fsp3) is 0.412. The topological polar surface area (TPSA) is 68.5 Å². The lowest BCUT2D eigenvalue weighted by Crippen LogP contribution is -2.32. The highest BCUT2D eigenvalue weighted by Gasteiger charge is 2.24. The first-order valence-electron chi connectivity index (χ1n) is 7.35. The molecular formula is C17H21NO4. The Morgan fingerprint density at radius 3 is 2.41 bits per heavy atom. The maximum absolute atomic E-state index is 12.6. The molecule has 22 heavy (non-hydrogen) atoms. The highest BCUT2D eigenvalue weighted by Crippen LogP contribution is 2.22. The third kappa shape index (κ3) is 3.13. The zero-order valence-electron chi connectivity index (χ0n) is 13.2. The van der Waals surface area contributed by atoms with E-state index in [-0.39, 0.29) is 17.6 Å². The summed E-state index contributed by atoms with van der Waals surface area (Å²) >= 11 is 0. The number of pyridine rings is 1. The molecule has 0 saturated carbocycles. The van der Waals surface area contributed by atoms with Gasteiger partial charge in [-0.15, -0.1) is 0 Å². The molecule has 0 aliphatic carbocycles. The lowest BCUT2D eigenvalue weighted by molar-refractivity contribution is -0.142. The first kappa shape index (κ1) is 16.1. The second kappa shape index (κ2) is 6.22. The van der Waals surface area contributed by atoms with Crippen molar-refractivity contribution in [2.45, 2.75) is 39.8 Å². The van der Waals surface area contributed by atoms with Crippen molar-refractivity contribution in [3.8, 4) is 5.75 Å². The fourth-order valence-corrected chi connectivity index (χ4v) is 2.53. The summed E-state index contributed by atoms with van der Waals surface area (Å²) in [5.74, 6) is -0.495. The SMILES string of the molecule is CC(C)Oc1ccc2c(=O)n(C(C(=O)O)C(C)C)ccc2c1. The van der Waals surface area contributed by atoms with Crippen molar-refractivity contribution in [1.29, 1.82) is 0 Å². The molecule has 5 nitrogen and oxygen atoms in total. The van der Waals surface area contributed by atoms with E-state index in [2.05, 4.69) is 0 Å². The molecule has 2 aromatic rings. The summed E-state index contributed by atoms with van der Waals surface area (Å²) in [6.45, 7) is 7.44. The minimum absolute atomic E-state index is 0.0511. The van der Waals surface area contributed by atoms with Crippen molar-refractivity contribution in [3.05, 3.63) is 40.8 Å².